The SMILES string of the molecule is Brc1ccc([C@H]2CCN2)s1.Cl. The molecule has 1 aromatic heterocycles. The van der Waals surface area contributed by atoms with Gasteiger partial charge in [-0.25, -0.2) is 0 Å². The number of halogens is 2. The lowest BCUT2D eigenvalue weighted by molar-refractivity contribution is 0.389. The van der Waals surface area contributed by atoms with Crippen molar-refractivity contribution in [2.45, 2.75) is 12.5 Å². The third-order valence-electron chi connectivity index (χ3n) is 1.76. The van der Waals surface area contributed by atoms with Crippen LogP contribution in [0.5, 0.6) is 0 Å². The monoisotopic (exact) mass is 253 g/mol. The van der Waals surface area contributed by atoms with E-state index in [1.807, 2.05) is 11.3 Å². The van der Waals surface area contributed by atoms with Crippen LogP contribution in [-0.4, -0.2) is 6.54 Å². The highest BCUT2D eigenvalue weighted by Crippen LogP contribution is 2.31. The van der Waals surface area contributed by atoms with E-state index in [1.54, 1.807) is 0 Å². The van der Waals surface area contributed by atoms with Crippen LogP contribution in [-0.2, 0) is 0 Å². The van der Waals surface area contributed by atoms with Gasteiger partial charge in [-0.1, -0.05) is 0 Å². The number of nitrogens with one attached hydrogen (secondary N) is 1. The number of hydrogen-bond donors (Lipinski definition) is 1. The molecule has 2 heterocycles. The zero-order valence-corrected chi connectivity index (χ0v) is 9.06. The first-order valence-electron chi connectivity index (χ1n) is 3.35. The summed E-state index contributed by atoms with van der Waals surface area (Å²) >= 11 is 5.27. The molecule has 0 spiro atoms. The lowest BCUT2D eigenvalue weighted by atomic mass is 10.1. The van der Waals surface area contributed by atoms with Gasteiger partial charge in [-0.15, -0.1) is 23.7 Å². The van der Waals surface area contributed by atoms with Crippen LogP contribution >= 0.6 is 39.7 Å². The van der Waals surface area contributed by atoms with Crippen LogP contribution in [0.1, 0.15) is 17.3 Å². The zero-order valence-electron chi connectivity index (χ0n) is 5.84. The van der Waals surface area contributed by atoms with Gasteiger partial charge in [0.2, 0.25) is 0 Å². The second-order valence-electron chi connectivity index (χ2n) is 2.44. The van der Waals surface area contributed by atoms with Crippen molar-refractivity contribution < 1.29 is 0 Å². The fraction of sp³-hybridized carbons (Fsp3) is 0.429. The quantitative estimate of drug-likeness (QED) is 0.812. The van der Waals surface area contributed by atoms with Gasteiger partial charge in [0.25, 0.3) is 0 Å². The maximum atomic E-state index is 3.44. The van der Waals surface area contributed by atoms with Gasteiger partial charge in [0.05, 0.1) is 3.79 Å². The highest BCUT2D eigenvalue weighted by Gasteiger charge is 2.19. The Hall–Kier alpha value is 0.430. The van der Waals surface area contributed by atoms with Crippen LogP contribution < -0.4 is 5.32 Å². The smallest absolute Gasteiger partial charge is 0.0701 e. The van der Waals surface area contributed by atoms with Gasteiger partial charge >= 0.3 is 0 Å². The summed E-state index contributed by atoms with van der Waals surface area (Å²) in [6.45, 7) is 1.18. The fourth-order valence-electron chi connectivity index (χ4n) is 1.05. The van der Waals surface area contributed by atoms with Gasteiger partial charge in [0.1, 0.15) is 0 Å². The topological polar surface area (TPSA) is 12.0 Å². The Kier molecular flexibility index (Phi) is 3.37. The van der Waals surface area contributed by atoms with E-state index in [0.717, 1.165) is 0 Å². The number of hydrogen-bond acceptors (Lipinski definition) is 2. The van der Waals surface area contributed by atoms with E-state index >= 15 is 0 Å². The van der Waals surface area contributed by atoms with Gasteiger partial charge in [0.15, 0.2) is 0 Å². The standard InChI is InChI=1S/C7H8BrNS.ClH/c8-7-2-1-6(10-7)5-3-4-9-5;/h1-2,5,9H,3-4H2;1H/t5-;/m1./s1. The Balaban J connectivity index is 0.000000605. The lowest BCUT2D eigenvalue weighted by Crippen LogP contribution is -2.34. The Bertz CT molecular complexity index is 234. The van der Waals surface area contributed by atoms with Crippen LogP contribution in [0.4, 0.5) is 0 Å². The van der Waals surface area contributed by atoms with E-state index in [2.05, 4.69) is 33.4 Å². The predicted molar refractivity (Wildman–Crippen MR) is 54.6 cm³/mol. The van der Waals surface area contributed by atoms with Crippen molar-refractivity contribution in [1.29, 1.82) is 0 Å². The van der Waals surface area contributed by atoms with Crippen LogP contribution in [0.25, 0.3) is 0 Å². The molecule has 1 N–H and O–H groups in total. The molecule has 0 radical (unpaired) electrons. The van der Waals surface area contributed by atoms with E-state index in [9.17, 15) is 0 Å². The molecular formula is C7H9BrClNS. The number of rotatable bonds is 1. The van der Waals surface area contributed by atoms with Crippen LogP contribution in [0.2, 0.25) is 0 Å². The first-order valence-corrected chi connectivity index (χ1v) is 4.96. The minimum atomic E-state index is 0. The third-order valence-corrected chi connectivity index (χ3v) is 3.50. The Morgan fingerprint density at radius 3 is 2.64 bits per heavy atom. The minimum Gasteiger partial charge on any atom is -0.309 e. The molecule has 1 atom stereocenters. The highest BCUT2D eigenvalue weighted by atomic mass is 79.9. The first kappa shape index (κ1) is 9.52. The summed E-state index contributed by atoms with van der Waals surface area (Å²) in [5.41, 5.74) is 0. The van der Waals surface area contributed by atoms with Crippen molar-refractivity contribution in [3.8, 4) is 0 Å². The van der Waals surface area contributed by atoms with Crippen molar-refractivity contribution in [3.05, 3.63) is 20.8 Å². The average Bonchev–Trinajstić information content (AvgIpc) is 2.10. The van der Waals surface area contributed by atoms with Crippen LogP contribution in [0.3, 0.4) is 0 Å². The molecule has 1 aliphatic heterocycles. The molecule has 1 fully saturated rings. The molecule has 0 bridgehead atoms. The summed E-state index contributed by atoms with van der Waals surface area (Å²) in [5.74, 6) is 0. The molecule has 1 nitrogen and oxygen atoms in total. The molecule has 4 heteroatoms. The molecular weight excluding hydrogens is 246 g/mol. The highest BCUT2D eigenvalue weighted by molar-refractivity contribution is 9.11. The summed E-state index contributed by atoms with van der Waals surface area (Å²) in [5, 5.41) is 3.36. The summed E-state index contributed by atoms with van der Waals surface area (Å²) < 4.78 is 1.23. The molecule has 62 valence electrons. The Morgan fingerprint density at radius 2 is 2.27 bits per heavy atom. The Morgan fingerprint density at radius 1 is 1.55 bits per heavy atom. The molecule has 0 saturated carbocycles. The van der Waals surface area contributed by atoms with Crippen LogP contribution in [0.15, 0.2) is 15.9 Å². The second kappa shape index (κ2) is 3.90. The maximum absolute atomic E-state index is 3.44. The fourth-order valence-corrected chi connectivity index (χ4v) is 2.58. The van der Waals surface area contributed by atoms with E-state index in [0.29, 0.717) is 6.04 Å². The molecule has 11 heavy (non-hydrogen) atoms. The molecule has 0 amide bonds. The average molecular weight is 255 g/mol. The molecule has 0 aromatic carbocycles. The zero-order chi connectivity index (χ0) is 6.97. The Labute approximate surface area is 84.7 Å². The molecule has 0 aliphatic carbocycles. The van der Waals surface area contributed by atoms with Gasteiger partial charge < -0.3 is 5.32 Å². The lowest BCUT2D eigenvalue weighted by Gasteiger charge is -2.26. The predicted octanol–water partition coefficient (Wildman–Crippen LogP) is 2.97. The van der Waals surface area contributed by atoms with Crippen LogP contribution in [0, 0.1) is 0 Å². The van der Waals surface area contributed by atoms with Crippen molar-refractivity contribution in [3.63, 3.8) is 0 Å². The van der Waals surface area contributed by atoms with E-state index in [1.165, 1.54) is 21.6 Å². The van der Waals surface area contributed by atoms with E-state index < -0.39 is 0 Å². The molecule has 1 aliphatic rings. The van der Waals surface area contributed by atoms with Crippen molar-refractivity contribution in [1.82, 2.24) is 5.32 Å². The molecule has 1 saturated heterocycles. The van der Waals surface area contributed by atoms with Crippen molar-refractivity contribution in [2.24, 2.45) is 0 Å². The maximum Gasteiger partial charge on any atom is 0.0701 e. The molecule has 1 aromatic rings. The summed E-state index contributed by atoms with van der Waals surface area (Å²) in [7, 11) is 0. The summed E-state index contributed by atoms with van der Waals surface area (Å²) in [6, 6.07) is 4.95. The minimum absolute atomic E-state index is 0. The second-order valence-corrected chi connectivity index (χ2v) is 4.93. The third kappa shape index (κ3) is 1.96. The molecule has 0 unspecified atom stereocenters. The number of thiophene rings is 1. The van der Waals surface area contributed by atoms with E-state index in [-0.39, 0.29) is 12.4 Å². The van der Waals surface area contributed by atoms with Gasteiger partial charge in [-0.2, -0.15) is 0 Å². The summed E-state index contributed by atoms with van der Waals surface area (Å²) in [6.07, 6.45) is 1.30. The largest absolute Gasteiger partial charge is 0.309 e. The normalized spacial score (nSPS) is 22.1. The van der Waals surface area contributed by atoms with Gasteiger partial charge in [0, 0.05) is 10.9 Å². The summed E-state index contributed by atoms with van der Waals surface area (Å²) in [4.78, 5) is 1.46. The molecule has 2 rings (SSSR count). The van der Waals surface area contributed by atoms with Crippen molar-refractivity contribution >= 4 is 39.7 Å². The van der Waals surface area contributed by atoms with E-state index in [4.69, 9.17) is 0 Å². The van der Waals surface area contributed by atoms with Gasteiger partial charge in [-0.3, -0.25) is 0 Å². The van der Waals surface area contributed by atoms with Crippen molar-refractivity contribution in [2.75, 3.05) is 6.54 Å². The first-order chi connectivity index (χ1) is 4.86. The van der Waals surface area contributed by atoms with Gasteiger partial charge in [-0.05, 0) is 41.0 Å².